The zero-order chi connectivity index (χ0) is 14.3. The monoisotopic (exact) mass is 280 g/mol. The van der Waals surface area contributed by atoms with Crippen molar-refractivity contribution in [2.75, 3.05) is 12.4 Å². The summed E-state index contributed by atoms with van der Waals surface area (Å²) in [5.74, 6) is 2.05. The third-order valence-corrected chi connectivity index (χ3v) is 3.57. The first-order valence-corrected chi connectivity index (χ1v) is 7.93. The van der Waals surface area contributed by atoms with E-state index in [2.05, 4.69) is 58.5 Å². The molecule has 1 aromatic rings. The van der Waals surface area contributed by atoms with E-state index in [4.69, 9.17) is 4.74 Å². The lowest BCUT2D eigenvalue weighted by molar-refractivity contribution is 0.297. The van der Waals surface area contributed by atoms with Crippen molar-refractivity contribution in [3.05, 3.63) is 29.3 Å². The van der Waals surface area contributed by atoms with Crippen LogP contribution in [0.15, 0.2) is 18.2 Å². The van der Waals surface area contributed by atoms with Crippen molar-refractivity contribution >= 4 is 12.6 Å². The molecule has 0 radical (unpaired) electrons. The molecule has 0 atom stereocenters. The Morgan fingerprint density at radius 2 is 1.74 bits per heavy atom. The van der Waals surface area contributed by atoms with Crippen molar-refractivity contribution in [2.24, 2.45) is 0 Å². The lowest BCUT2D eigenvalue weighted by Crippen LogP contribution is -2.14. The number of rotatable bonds is 7. The first kappa shape index (κ1) is 16.4. The van der Waals surface area contributed by atoms with Gasteiger partial charge in [0, 0.05) is 0 Å². The molecule has 0 saturated carbocycles. The number of aryl methyl sites for hydroxylation is 1. The molecule has 0 aliphatic carbocycles. The van der Waals surface area contributed by atoms with Gasteiger partial charge in [0.1, 0.15) is 5.75 Å². The molecular weight excluding hydrogens is 252 g/mol. The summed E-state index contributed by atoms with van der Waals surface area (Å²) in [6, 6.07) is 6.53. The zero-order valence-electron chi connectivity index (χ0n) is 12.8. The summed E-state index contributed by atoms with van der Waals surface area (Å²) in [7, 11) is 0. The Hall–Kier alpha value is -0.630. The third kappa shape index (κ3) is 5.90. The topological polar surface area (TPSA) is 9.23 Å². The van der Waals surface area contributed by atoms with Gasteiger partial charge in [0.15, 0.2) is 0 Å². The van der Waals surface area contributed by atoms with Crippen molar-refractivity contribution in [3.63, 3.8) is 0 Å². The maximum atomic E-state index is 6.01. The van der Waals surface area contributed by atoms with E-state index in [0.29, 0.717) is 0 Å². The lowest BCUT2D eigenvalue weighted by Gasteiger charge is -2.23. The molecule has 2 heteroatoms. The lowest BCUT2D eigenvalue weighted by atomic mass is 9.86. The van der Waals surface area contributed by atoms with Crippen LogP contribution in [0.25, 0.3) is 0 Å². The van der Waals surface area contributed by atoms with Crippen LogP contribution in [0.5, 0.6) is 5.75 Å². The van der Waals surface area contributed by atoms with Crippen molar-refractivity contribution in [2.45, 2.75) is 58.8 Å². The van der Waals surface area contributed by atoms with Gasteiger partial charge in [0.05, 0.1) is 6.61 Å². The van der Waals surface area contributed by atoms with Gasteiger partial charge >= 0.3 is 0 Å². The van der Waals surface area contributed by atoms with Crippen LogP contribution in [-0.4, -0.2) is 12.4 Å². The fourth-order valence-corrected chi connectivity index (χ4v) is 2.34. The Labute approximate surface area is 124 Å². The van der Waals surface area contributed by atoms with Gasteiger partial charge in [-0.3, -0.25) is 0 Å². The van der Waals surface area contributed by atoms with Crippen LogP contribution in [0.1, 0.15) is 57.6 Å². The Morgan fingerprint density at radius 3 is 2.37 bits per heavy atom. The SMILES string of the molecule is Cc1ccc(C(C)(C)C)c(OCCCCCCS)c1. The highest BCUT2D eigenvalue weighted by atomic mass is 32.1. The van der Waals surface area contributed by atoms with Gasteiger partial charge in [-0.2, -0.15) is 12.6 Å². The first-order chi connectivity index (χ1) is 8.95. The number of ether oxygens (including phenoxy) is 1. The quantitative estimate of drug-likeness (QED) is 0.536. The van der Waals surface area contributed by atoms with Gasteiger partial charge in [-0.15, -0.1) is 0 Å². The molecule has 0 aromatic heterocycles. The highest BCUT2D eigenvalue weighted by Crippen LogP contribution is 2.32. The second-order valence-electron chi connectivity index (χ2n) is 6.24. The Morgan fingerprint density at radius 1 is 1.05 bits per heavy atom. The fourth-order valence-electron chi connectivity index (χ4n) is 2.12. The van der Waals surface area contributed by atoms with Crippen LogP contribution in [-0.2, 0) is 5.41 Å². The van der Waals surface area contributed by atoms with Crippen LogP contribution < -0.4 is 4.74 Å². The zero-order valence-corrected chi connectivity index (χ0v) is 13.7. The molecule has 0 aliphatic heterocycles. The third-order valence-electron chi connectivity index (χ3n) is 3.26. The van der Waals surface area contributed by atoms with Crippen LogP contribution in [0.3, 0.4) is 0 Å². The van der Waals surface area contributed by atoms with Crippen LogP contribution >= 0.6 is 12.6 Å². The molecule has 0 heterocycles. The van der Waals surface area contributed by atoms with Gasteiger partial charge in [-0.25, -0.2) is 0 Å². The maximum absolute atomic E-state index is 6.01. The van der Waals surface area contributed by atoms with Crippen LogP contribution in [0.4, 0.5) is 0 Å². The molecule has 1 rings (SSSR count). The molecule has 0 amide bonds. The average molecular weight is 280 g/mol. The average Bonchev–Trinajstić information content (AvgIpc) is 2.32. The van der Waals surface area contributed by atoms with Crippen LogP contribution in [0.2, 0.25) is 0 Å². The van der Waals surface area contributed by atoms with Gasteiger partial charge in [0.2, 0.25) is 0 Å². The van der Waals surface area contributed by atoms with E-state index in [1.54, 1.807) is 0 Å². The van der Waals surface area contributed by atoms with E-state index in [9.17, 15) is 0 Å². The Bertz CT molecular complexity index is 379. The van der Waals surface area contributed by atoms with Crippen molar-refractivity contribution < 1.29 is 4.74 Å². The van der Waals surface area contributed by atoms with E-state index in [-0.39, 0.29) is 5.41 Å². The molecule has 19 heavy (non-hydrogen) atoms. The Kier molecular flexibility index (Phi) is 6.78. The predicted octanol–water partition coefficient (Wildman–Crippen LogP) is 5.16. The number of hydrogen-bond donors (Lipinski definition) is 1. The predicted molar refractivity (Wildman–Crippen MR) is 87.7 cm³/mol. The molecule has 0 aliphatic rings. The highest BCUT2D eigenvalue weighted by molar-refractivity contribution is 7.80. The molecule has 0 spiro atoms. The summed E-state index contributed by atoms with van der Waals surface area (Å²) in [6.07, 6.45) is 4.83. The minimum absolute atomic E-state index is 0.134. The molecule has 108 valence electrons. The van der Waals surface area contributed by atoms with Crippen LogP contribution in [0, 0.1) is 6.92 Å². The van der Waals surface area contributed by atoms with Crippen molar-refractivity contribution in [1.29, 1.82) is 0 Å². The molecule has 0 fully saturated rings. The van der Waals surface area contributed by atoms with Gasteiger partial charge in [-0.05, 0) is 48.1 Å². The molecule has 0 saturated heterocycles. The summed E-state index contributed by atoms with van der Waals surface area (Å²) >= 11 is 4.23. The van der Waals surface area contributed by atoms with E-state index < -0.39 is 0 Å². The second-order valence-corrected chi connectivity index (χ2v) is 6.68. The van der Waals surface area contributed by atoms with E-state index in [0.717, 1.165) is 24.5 Å². The summed E-state index contributed by atoms with van der Waals surface area (Å²) < 4.78 is 6.01. The molecule has 0 bridgehead atoms. The molecule has 1 nitrogen and oxygen atoms in total. The molecule has 0 N–H and O–H groups in total. The highest BCUT2D eigenvalue weighted by Gasteiger charge is 2.18. The van der Waals surface area contributed by atoms with Crippen molar-refractivity contribution in [1.82, 2.24) is 0 Å². The number of unbranched alkanes of at least 4 members (excludes halogenated alkanes) is 3. The summed E-state index contributed by atoms with van der Waals surface area (Å²) in [6.45, 7) is 9.64. The van der Waals surface area contributed by atoms with Gasteiger partial charge < -0.3 is 4.74 Å². The minimum Gasteiger partial charge on any atom is -0.493 e. The number of hydrogen-bond acceptors (Lipinski definition) is 2. The van der Waals surface area contributed by atoms with E-state index >= 15 is 0 Å². The van der Waals surface area contributed by atoms with E-state index in [1.807, 2.05) is 0 Å². The fraction of sp³-hybridized carbons (Fsp3) is 0.647. The van der Waals surface area contributed by atoms with E-state index in [1.165, 1.54) is 30.4 Å². The second kappa shape index (κ2) is 7.84. The normalized spacial score (nSPS) is 11.6. The number of benzene rings is 1. The van der Waals surface area contributed by atoms with Gasteiger partial charge in [-0.1, -0.05) is 45.7 Å². The van der Waals surface area contributed by atoms with Gasteiger partial charge in [0.25, 0.3) is 0 Å². The largest absolute Gasteiger partial charge is 0.493 e. The van der Waals surface area contributed by atoms with Crippen molar-refractivity contribution in [3.8, 4) is 5.75 Å². The number of thiol groups is 1. The summed E-state index contributed by atoms with van der Waals surface area (Å²) in [4.78, 5) is 0. The standard InChI is InChI=1S/C17H28OS/c1-14-9-10-15(17(2,3)4)16(13-14)18-11-7-5-6-8-12-19/h9-10,13,19H,5-8,11-12H2,1-4H3. The molecule has 0 unspecified atom stereocenters. The summed E-state index contributed by atoms with van der Waals surface area (Å²) in [5.41, 5.74) is 2.70. The minimum atomic E-state index is 0.134. The first-order valence-electron chi connectivity index (χ1n) is 7.30. The molecule has 1 aromatic carbocycles. The smallest absolute Gasteiger partial charge is 0.123 e. The Balaban J connectivity index is 2.54. The maximum Gasteiger partial charge on any atom is 0.123 e. The summed E-state index contributed by atoms with van der Waals surface area (Å²) in [5, 5.41) is 0. The molecular formula is C17H28OS.